The number of aromatic nitrogens is 2. The smallest absolute Gasteiger partial charge is 0.420 e. The van der Waals surface area contributed by atoms with Crippen molar-refractivity contribution in [1.29, 1.82) is 0 Å². The van der Waals surface area contributed by atoms with Crippen molar-refractivity contribution in [2.24, 2.45) is 0 Å². The summed E-state index contributed by atoms with van der Waals surface area (Å²) in [5.74, 6) is -0.731. The minimum atomic E-state index is -4.64. The molecule has 4 heterocycles. The monoisotopic (exact) mass is 443 g/mol. The number of hydrogen-bond acceptors (Lipinski definition) is 3. The summed E-state index contributed by atoms with van der Waals surface area (Å²) in [5, 5.41) is 0. The van der Waals surface area contributed by atoms with Gasteiger partial charge in [-0.05, 0) is 36.2 Å². The molecule has 1 unspecified atom stereocenters. The second kappa shape index (κ2) is 7.51. The molecular formula is C23H17F4N3O2. The number of rotatable bonds is 3. The maximum Gasteiger partial charge on any atom is 0.420 e. The second-order valence-electron chi connectivity index (χ2n) is 7.80. The average molecular weight is 443 g/mol. The second-order valence-corrected chi connectivity index (χ2v) is 7.80. The highest BCUT2D eigenvalue weighted by molar-refractivity contribution is 5.93. The van der Waals surface area contributed by atoms with Gasteiger partial charge in [0.15, 0.2) is 0 Å². The van der Waals surface area contributed by atoms with E-state index in [1.807, 2.05) is 0 Å². The van der Waals surface area contributed by atoms with Crippen LogP contribution in [-0.4, -0.2) is 33.3 Å². The van der Waals surface area contributed by atoms with Crippen LogP contribution in [0.4, 0.5) is 17.6 Å². The molecule has 4 aromatic rings. The predicted molar refractivity (Wildman–Crippen MR) is 108 cm³/mol. The molecule has 1 aromatic carbocycles. The molecule has 1 saturated heterocycles. The Hall–Kier alpha value is -3.62. The molecule has 0 spiro atoms. The number of amides is 1. The van der Waals surface area contributed by atoms with Crippen LogP contribution >= 0.6 is 0 Å². The van der Waals surface area contributed by atoms with Crippen LogP contribution in [0.1, 0.15) is 34.0 Å². The highest BCUT2D eigenvalue weighted by Crippen LogP contribution is 2.36. The van der Waals surface area contributed by atoms with Crippen molar-refractivity contribution in [1.82, 2.24) is 14.3 Å². The van der Waals surface area contributed by atoms with Gasteiger partial charge in [-0.3, -0.25) is 4.79 Å². The van der Waals surface area contributed by atoms with Crippen LogP contribution in [-0.2, 0) is 6.18 Å². The molecule has 0 saturated carbocycles. The number of carbonyl (C=O) groups is 1. The minimum Gasteiger partial charge on any atom is -0.472 e. The van der Waals surface area contributed by atoms with Crippen molar-refractivity contribution in [3.05, 3.63) is 84.0 Å². The van der Waals surface area contributed by atoms with Crippen LogP contribution in [0.25, 0.3) is 16.8 Å². The fourth-order valence-corrected chi connectivity index (χ4v) is 4.11. The number of benzene rings is 1. The maximum atomic E-state index is 13.7. The quantitative estimate of drug-likeness (QED) is 0.400. The molecule has 1 atom stereocenters. The van der Waals surface area contributed by atoms with E-state index in [9.17, 15) is 22.4 Å². The predicted octanol–water partition coefficient (Wildman–Crippen LogP) is 5.38. The van der Waals surface area contributed by atoms with E-state index in [0.29, 0.717) is 30.6 Å². The van der Waals surface area contributed by atoms with Crippen molar-refractivity contribution in [2.45, 2.75) is 18.5 Å². The van der Waals surface area contributed by atoms with Gasteiger partial charge >= 0.3 is 6.18 Å². The molecule has 9 heteroatoms. The minimum absolute atomic E-state index is 0.0370. The van der Waals surface area contributed by atoms with E-state index < -0.39 is 17.6 Å². The van der Waals surface area contributed by atoms with Gasteiger partial charge in [0.05, 0.1) is 18.1 Å². The molecule has 32 heavy (non-hydrogen) atoms. The van der Waals surface area contributed by atoms with Crippen molar-refractivity contribution in [3.8, 4) is 11.1 Å². The van der Waals surface area contributed by atoms with Gasteiger partial charge in [0.1, 0.15) is 17.2 Å². The molecule has 3 aromatic heterocycles. The Morgan fingerprint density at radius 1 is 1.09 bits per heavy atom. The number of nitrogens with zero attached hydrogens (tertiary/aromatic N) is 3. The van der Waals surface area contributed by atoms with Gasteiger partial charge < -0.3 is 13.7 Å². The lowest BCUT2D eigenvalue weighted by atomic mass is 9.99. The first-order valence-electron chi connectivity index (χ1n) is 9.97. The van der Waals surface area contributed by atoms with Crippen molar-refractivity contribution >= 4 is 11.6 Å². The molecule has 1 amide bonds. The zero-order valence-electron chi connectivity index (χ0n) is 16.6. The number of imidazole rings is 1. The number of carbonyl (C=O) groups excluding carboxylic acids is 1. The van der Waals surface area contributed by atoms with E-state index >= 15 is 0 Å². The molecule has 1 fully saturated rings. The van der Waals surface area contributed by atoms with E-state index in [0.717, 1.165) is 11.6 Å². The number of fused-ring (bicyclic) bond motifs is 1. The average Bonchev–Trinajstić information content (AvgIpc) is 3.52. The number of alkyl halides is 3. The van der Waals surface area contributed by atoms with E-state index in [-0.39, 0.29) is 23.1 Å². The van der Waals surface area contributed by atoms with Crippen LogP contribution in [0.5, 0.6) is 0 Å². The van der Waals surface area contributed by atoms with Crippen LogP contribution < -0.4 is 0 Å². The Morgan fingerprint density at radius 2 is 1.88 bits per heavy atom. The third kappa shape index (κ3) is 3.63. The fourth-order valence-electron chi connectivity index (χ4n) is 4.11. The first kappa shape index (κ1) is 20.3. The standard InChI is InChI=1S/C23H17F4N3O2/c24-18-3-1-14(2-4-18)15-5-7-29(10-15)22(31)20-12-30-11-17(16-6-8-32-13-16)9-19(21(30)28-20)23(25,26)27/h1-4,6,8-9,11-13,15H,5,7,10H2. The third-order valence-electron chi connectivity index (χ3n) is 5.75. The summed E-state index contributed by atoms with van der Waals surface area (Å²) in [4.78, 5) is 18.6. The van der Waals surface area contributed by atoms with E-state index in [1.54, 1.807) is 23.1 Å². The summed E-state index contributed by atoms with van der Waals surface area (Å²) in [5.41, 5.74) is 0.386. The Bertz CT molecular complexity index is 1280. The normalized spacial score (nSPS) is 16.8. The van der Waals surface area contributed by atoms with Gasteiger partial charge in [-0.15, -0.1) is 0 Å². The largest absolute Gasteiger partial charge is 0.472 e. The number of furan rings is 1. The molecule has 0 N–H and O–H groups in total. The van der Waals surface area contributed by atoms with Crippen LogP contribution in [0, 0.1) is 5.82 Å². The summed E-state index contributed by atoms with van der Waals surface area (Å²) in [6.07, 6.45) is 1.58. The first-order valence-corrected chi connectivity index (χ1v) is 9.97. The summed E-state index contributed by atoms with van der Waals surface area (Å²) >= 11 is 0. The molecule has 0 radical (unpaired) electrons. The van der Waals surface area contributed by atoms with E-state index in [2.05, 4.69) is 4.98 Å². The zero-order chi connectivity index (χ0) is 22.5. The summed E-state index contributed by atoms with van der Waals surface area (Å²) in [7, 11) is 0. The Balaban J connectivity index is 1.47. The number of pyridine rings is 1. The van der Waals surface area contributed by atoms with Gasteiger partial charge in [-0.25, -0.2) is 9.37 Å². The molecular weight excluding hydrogens is 426 g/mol. The first-order chi connectivity index (χ1) is 15.3. The van der Waals surface area contributed by atoms with Crippen LogP contribution in [0.2, 0.25) is 0 Å². The highest BCUT2D eigenvalue weighted by Gasteiger charge is 2.36. The van der Waals surface area contributed by atoms with Gasteiger partial charge in [-0.1, -0.05) is 12.1 Å². The van der Waals surface area contributed by atoms with Gasteiger partial charge in [0, 0.05) is 42.5 Å². The van der Waals surface area contributed by atoms with Gasteiger partial charge in [-0.2, -0.15) is 13.2 Å². The van der Waals surface area contributed by atoms with Crippen LogP contribution in [0.3, 0.4) is 0 Å². The fraction of sp³-hybridized carbons (Fsp3) is 0.217. The van der Waals surface area contributed by atoms with Crippen molar-refractivity contribution < 1.29 is 26.8 Å². The maximum absolute atomic E-state index is 13.7. The lowest BCUT2D eigenvalue weighted by molar-refractivity contribution is -0.136. The summed E-state index contributed by atoms with van der Waals surface area (Å²) in [6, 6.07) is 8.68. The molecule has 164 valence electrons. The molecule has 1 aliphatic rings. The molecule has 1 aliphatic heterocycles. The molecule has 5 nitrogen and oxygen atoms in total. The van der Waals surface area contributed by atoms with Crippen LogP contribution in [0.15, 0.2) is 65.7 Å². The Labute approximate surface area is 179 Å². The topological polar surface area (TPSA) is 50.8 Å². The summed E-state index contributed by atoms with van der Waals surface area (Å²) in [6.45, 7) is 0.839. The lowest BCUT2D eigenvalue weighted by Gasteiger charge is -2.15. The SMILES string of the molecule is O=C(c1cn2cc(-c3ccoc3)cc(C(F)(F)F)c2n1)N1CCC(c2ccc(F)cc2)C1. The zero-order valence-corrected chi connectivity index (χ0v) is 16.6. The number of halogens is 4. The van der Waals surface area contributed by atoms with E-state index in [4.69, 9.17) is 4.42 Å². The Kier molecular flexibility index (Phi) is 4.76. The molecule has 0 aliphatic carbocycles. The molecule has 5 rings (SSSR count). The van der Waals surface area contributed by atoms with Gasteiger partial charge in [0.25, 0.3) is 5.91 Å². The number of hydrogen-bond donors (Lipinski definition) is 0. The third-order valence-corrected chi connectivity index (χ3v) is 5.75. The Morgan fingerprint density at radius 3 is 2.56 bits per heavy atom. The van der Waals surface area contributed by atoms with Gasteiger partial charge in [0.2, 0.25) is 0 Å². The molecule has 0 bridgehead atoms. The number of likely N-dealkylation sites (tertiary alicyclic amines) is 1. The van der Waals surface area contributed by atoms with E-state index in [1.165, 1.54) is 41.5 Å². The summed E-state index contributed by atoms with van der Waals surface area (Å²) < 4.78 is 60.5. The van der Waals surface area contributed by atoms with Crippen molar-refractivity contribution in [3.63, 3.8) is 0 Å². The van der Waals surface area contributed by atoms with Crippen molar-refractivity contribution in [2.75, 3.05) is 13.1 Å². The highest BCUT2D eigenvalue weighted by atomic mass is 19.4. The lowest BCUT2D eigenvalue weighted by Crippen LogP contribution is -2.28.